The molecule has 0 saturated heterocycles. The average molecular weight is 495 g/mol. The molecule has 0 bridgehead atoms. The van der Waals surface area contributed by atoms with Crippen LogP contribution in [0.2, 0.25) is 0 Å². The number of aromatic nitrogens is 1. The maximum Gasteiger partial charge on any atom is 0.415 e. The molecule has 0 aliphatic heterocycles. The third-order valence-corrected chi connectivity index (χ3v) is 4.63. The fraction of sp³-hybridized carbons (Fsp3) is 0.148. The Kier molecular flexibility index (Phi) is 9.95. The standard InChI is InChI=1S/C25H19F3N4O2.C2H6/c1-16(25(26,27)28)12-22(31-19-8-4-6-17(13-19)15-29)24(34)32-20-9-5-7-18(14-20)23(33)21-10-2-3-11-30-21;1-2/h2-14,23,31,33H,1H2,(H,32,34);1-2H3/b22-12-;. The number of nitrogens with zero attached hydrogens (tertiary/aromatic N) is 2. The van der Waals surface area contributed by atoms with Crippen molar-refractivity contribution in [3.63, 3.8) is 0 Å². The second-order valence-electron chi connectivity index (χ2n) is 7.14. The zero-order valence-corrected chi connectivity index (χ0v) is 19.7. The first-order valence-electron chi connectivity index (χ1n) is 10.9. The van der Waals surface area contributed by atoms with Crippen molar-refractivity contribution in [3.8, 4) is 6.07 Å². The van der Waals surface area contributed by atoms with Gasteiger partial charge in [-0.05, 0) is 54.1 Å². The Hall–Kier alpha value is -4.42. The van der Waals surface area contributed by atoms with Gasteiger partial charge < -0.3 is 15.7 Å². The highest BCUT2D eigenvalue weighted by atomic mass is 19.4. The Morgan fingerprint density at radius 3 is 2.33 bits per heavy atom. The van der Waals surface area contributed by atoms with E-state index in [0.717, 1.165) is 0 Å². The van der Waals surface area contributed by atoms with Gasteiger partial charge in [0.2, 0.25) is 0 Å². The Balaban J connectivity index is 0.00000222. The van der Waals surface area contributed by atoms with Crippen LogP contribution in [0.1, 0.15) is 36.8 Å². The van der Waals surface area contributed by atoms with Gasteiger partial charge in [0.25, 0.3) is 5.91 Å². The van der Waals surface area contributed by atoms with Gasteiger partial charge in [0.1, 0.15) is 11.8 Å². The van der Waals surface area contributed by atoms with Crippen molar-refractivity contribution in [2.45, 2.75) is 26.1 Å². The molecule has 0 radical (unpaired) electrons. The summed E-state index contributed by atoms with van der Waals surface area (Å²) in [6.07, 6.45) is -3.69. The molecular weight excluding hydrogens is 469 g/mol. The summed E-state index contributed by atoms with van der Waals surface area (Å²) in [5.74, 6) is -0.878. The molecule has 0 spiro atoms. The number of aliphatic hydroxyl groups is 1. The summed E-state index contributed by atoms with van der Waals surface area (Å²) < 4.78 is 39.2. The molecule has 0 aliphatic carbocycles. The van der Waals surface area contributed by atoms with Crippen LogP contribution in [0.3, 0.4) is 0 Å². The van der Waals surface area contributed by atoms with Gasteiger partial charge in [-0.3, -0.25) is 9.78 Å². The number of aliphatic hydroxyl groups excluding tert-OH is 1. The van der Waals surface area contributed by atoms with Crippen molar-refractivity contribution in [3.05, 3.63) is 114 Å². The molecule has 186 valence electrons. The molecule has 3 aromatic rings. The number of hydrogen-bond donors (Lipinski definition) is 3. The molecule has 36 heavy (non-hydrogen) atoms. The highest BCUT2D eigenvalue weighted by Gasteiger charge is 2.31. The van der Waals surface area contributed by atoms with Crippen molar-refractivity contribution in [1.29, 1.82) is 5.26 Å². The predicted molar refractivity (Wildman–Crippen MR) is 133 cm³/mol. The summed E-state index contributed by atoms with van der Waals surface area (Å²) >= 11 is 0. The Morgan fingerprint density at radius 2 is 1.72 bits per heavy atom. The molecule has 1 heterocycles. The normalized spacial score (nSPS) is 11.9. The smallest absolute Gasteiger partial charge is 0.382 e. The van der Waals surface area contributed by atoms with Crippen molar-refractivity contribution >= 4 is 17.3 Å². The lowest BCUT2D eigenvalue weighted by atomic mass is 10.1. The SMILES string of the molecule is C=C(/C=C(\Nc1cccc(C#N)c1)C(=O)Nc1cccc(C(O)c2ccccn2)c1)C(F)(F)F.CC. The quantitative estimate of drug-likeness (QED) is 0.272. The molecule has 2 aromatic carbocycles. The van der Waals surface area contributed by atoms with Crippen LogP contribution in [-0.2, 0) is 4.79 Å². The number of nitrogens with one attached hydrogen (secondary N) is 2. The number of hydrogen-bond acceptors (Lipinski definition) is 5. The largest absolute Gasteiger partial charge is 0.415 e. The number of nitriles is 1. The maximum atomic E-state index is 13.1. The van der Waals surface area contributed by atoms with Crippen molar-refractivity contribution in [2.75, 3.05) is 10.6 Å². The van der Waals surface area contributed by atoms with Gasteiger partial charge in [-0.1, -0.05) is 44.7 Å². The molecule has 0 fully saturated rings. The number of anilines is 2. The van der Waals surface area contributed by atoms with E-state index in [9.17, 15) is 23.1 Å². The maximum absolute atomic E-state index is 13.1. The van der Waals surface area contributed by atoms with Gasteiger partial charge in [-0.2, -0.15) is 18.4 Å². The number of amides is 1. The zero-order valence-electron chi connectivity index (χ0n) is 19.7. The van der Waals surface area contributed by atoms with Gasteiger partial charge in [-0.15, -0.1) is 0 Å². The summed E-state index contributed by atoms with van der Waals surface area (Å²) in [7, 11) is 0. The van der Waals surface area contributed by atoms with Crippen LogP contribution in [0.5, 0.6) is 0 Å². The number of halogens is 3. The lowest BCUT2D eigenvalue weighted by Gasteiger charge is -2.15. The summed E-state index contributed by atoms with van der Waals surface area (Å²) in [6.45, 7) is 6.99. The fourth-order valence-electron chi connectivity index (χ4n) is 2.93. The zero-order chi connectivity index (χ0) is 26.7. The summed E-state index contributed by atoms with van der Waals surface area (Å²) in [6, 6.07) is 19.1. The number of alkyl halides is 3. The lowest BCUT2D eigenvalue weighted by molar-refractivity contribution is -0.112. The molecule has 3 rings (SSSR count). The van der Waals surface area contributed by atoms with E-state index in [0.29, 0.717) is 17.3 Å². The molecule has 3 N–H and O–H groups in total. The first-order valence-corrected chi connectivity index (χ1v) is 10.9. The Bertz CT molecular complexity index is 1270. The van der Waals surface area contributed by atoms with Crippen LogP contribution in [-0.4, -0.2) is 22.2 Å². The molecule has 1 aromatic heterocycles. The number of carbonyl (C=O) groups is 1. The van der Waals surface area contributed by atoms with Crippen LogP contribution < -0.4 is 10.6 Å². The molecule has 1 atom stereocenters. The van der Waals surface area contributed by atoms with Crippen molar-refractivity contribution in [1.82, 2.24) is 4.98 Å². The Morgan fingerprint density at radius 1 is 1.06 bits per heavy atom. The second kappa shape index (κ2) is 12.9. The van der Waals surface area contributed by atoms with E-state index in [1.807, 2.05) is 19.9 Å². The Labute approximate surface area is 207 Å². The third kappa shape index (κ3) is 7.82. The number of allylic oxidation sites excluding steroid dienone is 2. The van der Waals surface area contributed by atoms with E-state index < -0.39 is 29.5 Å². The predicted octanol–water partition coefficient (Wildman–Crippen LogP) is 6.11. The van der Waals surface area contributed by atoms with E-state index in [-0.39, 0.29) is 16.9 Å². The number of rotatable bonds is 7. The van der Waals surface area contributed by atoms with Gasteiger partial charge in [0, 0.05) is 17.6 Å². The van der Waals surface area contributed by atoms with E-state index in [4.69, 9.17) is 5.26 Å². The first-order chi connectivity index (χ1) is 17.2. The molecule has 6 nitrogen and oxygen atoms in total. The van der Waals surface area contributed by atoms with Crippen molar-refractivity contribution in [2.24, 2.45) is 0 Å². The minimum absolute atomic E-state index is 0.244. The van der Waals surface area contributed by atoms with E-state index in [2.05, 4.69) is 22.2 Å². The number of carbonyl (C=O) groups excluding carboxylic acids is 1. The van der Waals surface area contributed by atoms with Crippen molar-refractivity contribution < 1.29 is 23.1 Å². The molecule has 0 saturated carbocycles. The van der Waals surface area contributed by atoms with E-state index >= 15 is 0 Å². The third-order valence-electron chi connectivity index (χ3n) is 4.63. The van der Waals surface area contributed by atoms with E-state index in [1.165, 1.54) is 42.6 Å². The van der Waals surface area contributed by atoms with Crippen LogP contribution in [0.15, 0.2) is 96.9 Å². The van der Waals surface area contributed by atoms with Gasteiger partial charge >= 0.3 is 6.18 Å². The molecule has 1 amide bonds. The monoisotopic (exact) mass is 494 g/mol. The minimum Gasteiger partial charge on any atom is -0.382 e. The highest BCUT2D eigenvalue weighted by molar-refractivity contribution is 6.06. The summed E-state index contributed by atoms with van der Waals surface area (Å²) in [4.78, 5) is 17.0. The van der Waals surface area contributed by atoms with Gasteiger partial charge in [0.15, 0.2) is 0 Å². The van der Waals surface area contributed by atoms with Gasteiger partial charge in [-0.25, -0.2) is 0 Å². The summed E-state index contributed by atoms with van der Waals surface area (Å²) in [5.41, 5.74) is -0.101. The molecular formula is C27H25F3N4O2. The van der Waals surface area contributed by atoms with Crippen LogP contribution in [0, 0.1) is 11.3 Å². The van der Waals surface area contributed by atoms with Crippen LogP contribution in [0.25, 0.3) is 0 Å². The highest BCUT2D eigenvalue weighted by Crippen LogP contribution is 2.27. The van der Waals surface area contributed by atoms with Gasteiger partial charge in [0.05, 0.1) is 22.9 Å². The lowest BCUT2D eigenvalue weighted by Crippen LogP contribution is -2.21. The minimum atomic E-state index is -4.74. The topological polar surface area (TPSA) is 98.0 Å². The number of pyridine rings is 1. The summed E-state index contributed by atoms with van der Waals surface area (Å²) in [5, 5.41) is 24.7. The second-order valence-corrected chi connectivity index (χ2v) is 7.14. The molecule has 1 unspecified atom stereocenters. The van der Waals surface area contributed by atoms with Crippen LogP contribution >= 0.6 is 0 Å². The first kappa shape index (κ1) is 27.8. The average Bonchev–Trinajstić information content (AvgIpc) is 2.89. The molecule has 9 heteroatoms. The molecule has 0 aliphatic rings. The van der Waals surface area contributed by atoms with Crippen LogP contribution in [0.4, 0.5) is 24.5 Å². The van der Waals surface area contributed by atoms with E-state index in [1.54, 1.807) is 30.3 Å². The number of benzene rings is 2. The fourth-order valence-corrected chi connectivity index (χ4v) is 2.93.